The molecule has 2 rings (SSSR count). The molecule has 1 fully saturated rings. The van der Waals surface area contributed by atoms with Crippen molar-refractivity contribution in [3.63, 3.8) is 0 Å². The van der Waals surface area contributed by atoms with E-state index in [0.29, 0.717) is 32.1 Å². The van der Waals surface area contributed by atoms with E-state index in [9.17, 15) is 4.79 Å². The number of rotatable bonds is 11. The molecule has 168 valence electrons. The van der Waals surface area contributed by atoms with E-state index in [1.807, 2.05) is 11.0 Å². The van der Waals surface area contributed by atoms with E-state index in [1.54, 1.807) is 12.4 Å². The number of anilines is 1. The van der Waals surface area contributed by atoms with Crippen LogP contribution in [0.2, 0.25) is 0 Å². The lowest BCUT2D eigenvalue weighted by Crippen LogP contribution is -2.49. The van der Waals surface area contributed by atoms with E-state index in [2.05, 4.69) is 51.3 Å². The monoisotopic (exact) mass is 417 g/mol. The highest BCUT2D eigenvalue weighted by Gasteiger charge is 2.22. The fourth-order valence-electron chi connectivity index (χ4n) is 3.53. The van der Waals surface area contributed by atoms with Gasteiger partial charge in [-0.1, -0.05) is 32.6 Å². The highest BCUT2D eigenvalue weighted by molar-refractivity contribution is 5.81. The van der Waals surface area contributed by atoms with Crippen LogP contribution in [0, 0.1) is 0 Å². The molecule has 0 aromatic carbocycles. The minimum Gasteiger partial charge on any atom is -0.357 e. The fraction of sp³-hybridized carbons (Fsp3) is 0.727. The molecule has 8 heteroatoms. The normalized spacial score (nSPS) is 15.8. The zero-order valence-electron chi connectivity index (χ0n) is 18.9. The Labute approximate surface area is 181 Å². The first-order chi connectivity index (χ1) is 14.6. The van der Waals surface area contributed by atoms with Gasteiger partial charge in [0.2, 0.25) is 11.9 Å². The fourth-order valence-corrected chi connectivity index (χ4v) is 3.53. The summed E-state index contributed by atoms with van der Waals surface area (Å²) >= 11 is 0. The van der Waals surface area contributed by atoms with Crippen LogP contribution in [0.1, 0.15) is 59.3 Å². The van der Waals surface area contributed by atoms with Crippen LogP contribution in [0.15, 0.2) is 23.5 Å². The van der Waals surface area contributed by atoms with E-state index in [0.717, 1.165) is 38.0 Å². The largest absolute Gasteiger partial charge is 0.357 e. The molecule has 0 spiro atoms. The Kier molecular flexibility index (Phi) is 11.0. The Hall–Kier alpha value is -2.38. The van der Waals surface area contributed by atoms with Crippen LogP contribution in [-0.4, -0.2) is 72.0 Å². The molecule has 1 amide bonds. The van der Waals surface area contributed by atoms with E-state index < -0.39 is 0 Å². The zero-order chi connectivity index (χ0) is 21.6. The van der Waals surface area contributed by atoms with E-state index in [1.165, 1.54) is 25.7 Å². The first-order valence-corrected chi connectivity index (χ1v) is 11.5. The second-order valence-corrected chi connectivity index (χ2v) is 7.82. The van der Waals surface area contributed by atoms with Gasteiger partial charge in [-0.15, -0.1) is 0 Å². The van der Waals surface area contributed by atoms with Gasteiger partial charge in [-0.25, -0.2) is 9.97 Å². The van der Waals surface area contributed by atoms with Crippen molar-refractivity contribution in [1.29, 1.82) is 0 Å². The number of aromatic nitrogens is 2. The van der Waals surface area contributed by atoms with Gasteiger partial charge in [0.1, 0.15) is 0 Å². The van der Waals surface area contributed by atoms with Crippen molar-refractivity contribution in [2.75, 3.05) is 44.2 Å². The smallest absolute Gasteiger partial charge is 0.225 e. The second kappa shape index (κ2) is 13.8. The Balaban J connectivity index is 1.71. The SMILES string of the molecule is CCCCCCC(C)NC(=NCCC(=O)N1CCN(c2ncccn2)CC1)NCC. The van der Waals surface area contributed by atoms with Crippen LogP contribution >= 0.6 is 0 Å². The average molecular weight is 418 g/mol. The summed E-state index contributed by atoms with van der Waals surface area (Å²) in [5, 5.41) is 6.75. The minimum absolute atomic E-state index is 0.163. The van der Waals surface area contributed by atoms with Gasteiger partial charge in [-0.05, 0) is 26.3 Å². The minimum atomic E-state index is 0.163. The van der Waals surface area contributed by atoms with Gasteiger partial charge in [0.15, 0.2) is 5.96 Å². The third kappa shape index (κ3) is 8.55. The van der Waals surface area contributed by atoms with Crippen molar-refractivity contribution in [1.82, 2.24) is 25.5 Å². The maximum atomic E-state index is 12.6. The molecule has 2 N–H and O–H groups in total. The van der Waals surface area contributed by atoms with Crippen LogP contribution in [0.5, 0.6) is 0 Å². The van der Waals surface area contributed by atoms with Gasteiger partial charge in [0.05, 0.1) is 6.54 Å². The van der Waals surface area contributed by atoms with Crippen molar-refractivity contribution < 1.29 is 4.79 Å². The molecule has 0 radical (unpaired) electrons. The number of hydrogen-bond acceptors (Lipinski definition) is 5. The number of carbonyl (C=O) groups excluding carboxylic acids is 1. The average Bonchev–Trinajstić information content (AvgIpc) is 2.77. The summed E-state index contributed by atoms with van der Waals surface area (Å²) in [5.41, 5.74) is 0. The summed E-state index contributed by atoms with van der Waals surface area (Å²) in [5.74, 6) is 1.70. The number of amides is 1. The van der Waals surface area contributed by atoms with Crippen molar-refractivity contribution in [3.8, 4) is 0 Å². The van der Waals surface area contributed by atoms with Crippen LogP contribution in [0.25, 0.3) is 0 Å². The summed E-state index contributed by atoms with van der Waals surface area (Å²) in [4.78, 5) is 29.8. The molecular formula is C22H39N7O. The maximum Gasteiger partial charge on any atom is 0.225 e. The Morgan fingerprint density at radius 2 is 1.87 bits per heavy atom. The molecule has 0 saturated carbocycles. The molecule has 1 saturated heterocycles. The molecule has 0 bridgehead atoms. The van der Waals surface area contributed by atoms with E-state index in [-0.39, 0.29) is 5.91 Å². The van der Waals surface area contributed by atoms with Crippen molar-refractivity contribution in [3.05, 3.63) is 18.5 Å². The molecule has 8 nitrogen and oxygen atoms in total. The first kappa shape index (κ1) is 23.9. The summed E-state index contributed by atoms with van der Waals surface area (Å²) in [6.45, 7) is 10.7. The molecule has 1 aliphatic rings. The van der Waals surface area contributed by atoms with Crippen molar-refractivity contribution in [2.45, 2.75) is 65.3 Å². The molecule has 1 aromatic rings. The summed E-state index contributed by atoms with van der Waals surface area (Å²) in [6, 6.07) is 2.19. The number of unbranched alkanes of at least 4 members (excludes halogenated alkanes) is 3. The Morgan fingerprint density at radius 3 is 2.53 bits per heavy atom. The second-order valence-electron chi connectivity index (χ2n) is 7.82. The molecule has 1 aliphatic heterocycles. The molecule has 1 unspecified atom stereocenters. The van der Waals surface area contributed by atoms with Crippen molar-refractivity contribution >= 4 is 17.8 Å². The first-order valence-electron chi connectivity index (χ1n) is 11.5. The van der Waals surface area contributed by atoms with E-state index >= 15 is 0 Å². The zero-order valence-corrected chi connectivity index (χ0v) is 18.9. The van der Waals surface area contributed by atoms with Gasteiger partial charge >= 0.3 is 0 Å². The van der Waals surface area contributed by atoms with Crippen LogP contribution in [-0.2, 0) is 4.79 Å². The number of guanidine groups is 1. The lowest BCUT2D eigenvalue weighted by atomic mass is 10.1. The summed E-state index contributed by atoms with van der Waals surface area (Å²) in [6.07, 6.45) is 10.2. The van der Waals surface area contributed by atoms with E-state index in [4.69, 9.17) is 0 Å². The van der Waals surface area contributed by atoms with Gasteiger partial charge in [-0.2, -0.15) is 0 Å². The number of carbonyl (C=O) groups is 1. The predicted molar refractivity (Wildman–Crippen MR) is 123 cm³/mol. The van der Waals surface area contributed by atoms with Crippen LogP contribution < -0.4 is 15.5 Å². The Morgan fingerprint density at radius 1 is 1.13 bits per heavy atom. The van der Waals surface area contributed by atoms with Gasteiger partial charge in [-0.3, -0.25) is 9.79 Å². The standard InChI is InChI=1S/C22H39N7O/c1-4-6-7-8-10-19(3)27-21(23-5-2)24-14-11-20(30)28-15-17-29(18-16-28)22-25-12-9-13-26-22/h9,12-13,19H,4-8,10-11,14-18H2,1-3H3,(H2,23,24,27). The summed E-state index contributed by atoms with van der Waals surface area (Å²) < 4.78 is 0. The third-order valence-corrected chi connectivity index (χ3v) is 5.28. The number of piperazine rings is 1. The molecule has 2 heterocycles. The van der Waals surface area contributed by atoms with Crippen molar-refractivity contribution in [2.24, 2.45) is 4.99 Å². The number of nitrogens with zero attached hydrogens (tertiary/aromatic N) is 5. The molecule has 0 aliphatic carbocycles. The quantitative estimate of drug-likeness (QED) is 0.327. The van der Waals surface area contributed by atoms with Crippen LogP contribution in [0.3, 0.4) is 0 Å². The Bertz CT molecular complexity index is 630. The lowest BCUT2D eigenvalue weighted by molar-refractivity contribution is -0.131. The summed E-state index contributed by atoms with van der Waals surface area (Å²) in [7, 11) is 0. The topological polar surface area (TPSA) is 85.8 Å². The number of aliphatic imine (C=N–C) groups is 1. The van der Waals surface area contributed by atoms with Crippen LogP contribution in [0.4, 0.5) is 5.95 Å². The van der Waals surface area contributed by atoms with Gasteiger partial charge < -0.3 is 20.4 Å². The highest BCUT2D eigenvalue weighted by Crippen LogP contribution is 2.10. The molecule has 30 heavy (non-hydrogen) atoms. The predicted octanol–water partition coefficient (Wildman–Crippen LogP) is 2.43. The van der Waals surface area contributed by atoms with Gasteiger partial charge in [0.25, 0.3) is 0 Å². The molecular weight excluding hydrogens is 378 g/mol. The number of hydrogen-bond donors (Lipinski definition) is 2. The number of nitrogens with one attached hydrogen (secondary N) is 2. The molecule has 1 atom stereocenters. The maximum absolute atomic E-state index is 12.6. The highest BCUT2D eigenvalue weighted by atomic mass is 16.2. The third-order valence-electron chi connectivity index (χ3n) is 5.28. The molecule has 1 aromatic heterocycles. The van der Waals surface area contributed by atoms with Gasteiger partial charge in [0, 0.05) is 57.6 Å². The lowest BCUT2D eigenvalue weighted by Gasteiger charge is -2.34.